The molecular formula is C15H17N3O2S. The zero-order chi connectivity index (χ0) is 14.7. The van der Waals surface area contributed by atoms with Gasteiger partial charge in [0.2, 0.25) is 0 Å². The molecule has 6 heteroatoms. The Morgan fingerprint density at radius 1 is 1.38 bits per heavy atom. The highest BCUT2D eigenvalue weighted by Crippen LogP contribution is 2.27. The van der Waals surface area contributed by atoms with Crippen LogP contribution in [0.1, 0.15) is 29.1 Å². The van der Waals surface area contributed by atoms with E-state index in [9.17, 15) is 4.79 Å². The van der Waals surface area contributed by atoms with Gasteiger partial charge >= 0.3 is 6.03 Å². The molecule has 21 heavy (non-hydrogen) atoms. The van der Waals surface area contributed by atoms with E-state index in [1.807, 2.05) is 37.3 Å². The van der Waals surface area contributed by atoms with Crippen LogP contribution in [-0.2, 0) is 17.8 Å². The quantitative estimate of drug-likeness (QED) is 0.916. The Morgan fingerprint density at radius 3 is 2.95 bits per heavy atom. The molecule has 2 amide bonds. The van der Waals surface area contributed by atoms with Gasteiger partial charge in [-0.05, 0) is 12.5 Å². The Bertz CT molecular complexity index is 604. The van der Waals surface area contributed by atoms with Crippen LogP contribution in [0.25, 0.3) is 0 Å². The van der Waals surface area contributed by atoms with E-state index >= 15 is 0 Å². The second kappa shape index (κ2) is 6.24. The SMILES string of the molecule is CC(NC(=O)Nc1nc2c(s1)COCC2)c1ccccc1. The lowest BCUT2D eigenvalue weighted by Gasteiger charge is -2.14. The Labute approximate surface area is 127 Å². The first-order chi connectivity index (χ1) is 10.2. The van der Waals surface area contributed by atoms with Crippen molar-refractivity contribution in [3.8, 4) is 0 Å². The van der Waals surface area contributed by atoms with E-state index in [-0.39, 0.29) is 12.1 Å². The molecule has 1 aliphatic heterocycles. The third-order valence-electron chi connectivity index (χ3n) is 3.36. The number of urea groups is 1. The average Bonchev–Trinajstić information content (AvgIpc) is 2.90. The number of nitrogens with zero attached hydrogens (tertiary/aromatic N) is 1. The number of thiazole rings is 1. The first kappa shape index (κ1) is 14.0. The molecule has 5 nitrogen and oxygen atoms in total. The van der Waals surface area contributed by atoms with E-state index in [0.29, 0.717) is 18.3 Å². The standard InChI is InChI=1S/C15H17N3O2S/c1-10(11-5-3-2-4-6-11)16-14(19)18-15-17-12-7-8-20-9-13(12)21-15/h2-6,10H,7-9H2,1H3,(H2,16,17,18,19). The molecule has 2 aromatic rings. The Balaban J connectivity index is 1.60. The van der Waals surface area contributed by atoms with Crippen molar-refractivity contribution in [3.63, 3.8) is 0 Å². The number of anilines is 1. The highest BCUT2D eigenvalue weighted by Gasteiger charge is 2.17. The lowest BCUT2D eigenvalue weighted by Crippen LogP contribution is -2.31. The smallest absolute Gasteiger partial charge is 0.321 e. The van der Waals surface area contributed by atoms with E-state index in [0.717, 1.165) is 22.6 Å². The lowest BCUT2D eigenvalue weighted by molar-refractivity contribution is 0.112. The van der Waals surface area contributed by atoms with Crippen molar-refractivity contribution < 1.29 is 9.53 Å². The molecule has 1 aromatic heterocycles. The minimum absolute atomic E-state index is 0.0517. The summed E-state index contributed by atoms with van der Waals surface area (Å²) in [5, 5.41) is 6.34. The monoisotopic (exact) mass is 303 g/mol. The molecule has 0 spiro atoms. The molecule has 1 aromatic carbocycles. The molecule has 0 aliphatic carbocycles. The molecule has 0 fully saturated rings. The van der Waals surface area contributed by atoms with Gasteiger partial charge in [-0.3, -0.25) is 5.32 Å². The molecule has 2 heterocycles. The van der Waals surface area contributed by atoms with Crippen LogP contribution >= 0.6 is 11.3 Å². The van der Waals surface area contributed by atoms with Gasteiger partial charge in [-0.25, -0.2) is 9.78 Å². The fraction of sp³-hybridized carbons (Fsp3) is 0.333. The summed E-state index contributed by atoms with van der Waals surface area (Å²) >= 11 is 1.48. The number of nitrogens with one attached hydrogen (secondary N) is 2. The molecule has 0 saturated heterocycles. The van der Waals surface area contributed by atoms with Crippen LogP contribution < -0.4 is 10.6 Å². The normalized spacial score (nSPS) is 15.1. The molecule has 1 unspecified atom stereocenters. The van der Waals surface area contributed by atoms with Gasteiger partial charge in [-0.2, -0.15) is 0 Å². The van der Waals surface area contributed by atoms with Crippen molar-refractivity contribution in [3.05, 3.63) is 46.5 Å². The number of ether oxygens (including phenoxy) is 1. The second-order valence-electron chi connectivity index (χ2n) is 4.92. The van der Waals surface area contributed by atoms with Gasteiger partial charge in [-0.1, -0.05) is 41.7 Å². The third kappa shape index (κ3) is 3.40. The van der Waals surface area contributed by atoms with Gasteiger partial charge < -0.3 is 10.1 Å². The molecule has 0 saturated carbocycles. The van der Waals surface area contributed by atoms with E-state index < -0.39 is 0 Å². The Kier molecular flexibility index (Phi) is 4.17. The van der Waals surface area contributed by atoms with Gasteiger partial charge in [0.25, 0.3) is 0 Å². The molecule has 0 radical (unpaired) electrons. The van der Waals surface area contributed by atoms with Crippen molar-refractivity contribution in [2.75, 3.05) is 11.9 Å². The van der Waals surface area contributed by atoms with Crippen LogP contribution in [0, 0.1) is 0 Å². The molecule has 0 bridgehead atoms. The summed E-state index contributed by atoms with van der Waals surface area (Å²) in [5.74, 6) is 0. The average molecular weight is 303 g/mol. The van der Waals surface area contributed by atoms with Crippen molar-refractivity contribution >= 4 is 22.5 Å². The maximum Gasteiger partial charge on any atom is 0.321 e. The molecule has 1 atom stereocenters. The maximum atomic E-state index is 12.0. The molecule has 2 N–H and O–H groups in total. The number of hydrogen-bond donors (Lipinski definition) is 2. The molecular weight excluding hydrogens is 286 g/mol. The number of carbonyl (C=O) groups is 1. The van der Waals surface area contributed by atoms with E-state index in [2.05, 4.69) is 15.6 Å². The number of fused-ring (bicyclic) bond motifs is 1. The van der Waals surface area contributed by atoms with Crippen LogP contribution in [0.4, 0.5) is 9.93 Å². The maximum absolute atomic E-state index is 12.0. The van der Waals surface area contributed by atoms with Gasteiger partial charge in [0.1, 0.15) is 0 Å². The highest BCUT2D eigenvalue weighted by molar-refractivity contribution is 7.15. The third-order valence-corrected chi connectivity index (χ3v) is 4.35. The van der Waals surface area contributed by atoms with Crippen molar-refractivity contribution in [2.24, 2.45) is 0 Å². The van der Waals surface area contributed by atoms with Crippen molar-refractivity contribution in [1.82, 2.24) is 10.3 Å². The van der Waals surface area contributed by atoms with Crippen LogP contribution in [0.5, 0.6) is 0 Å². The summed E-state index contributed by atoms with van der Waals surface area (Å²) in [5.41, 5.74) is 2.11. The summed E-state index contributed by atoms with van der Waals surface area (Å²) in [6, 6.07) is 9.57. The van der Waals surface area contributed by atoms with E-state index in [4.69, 9.17) is 4.74 Å². The number of benzene rings is 1. The van der Waals surface area contributed by atoms with Gasteiger partial charge in [0.05, 0.1) is 29.8 Å². The van der Waals surface area contributed by atoms with Crippen molar-refractivity contribution in [2.45, 2.75) is 26.0 Å². The number of carbonyl (C=O) groups excluding carboxylic acids is 1. The van der Waals surface area contributed by atoms with Gasteiger partial charge in [-0.15, -0.1) is 0 Å². The van der Waals surface area contributed by atoms with Crippen molar-refractivity contribution in [1.29, 1.82) is 0 Å². The summed E-state index contributed by atoms with van der Waals surface area (Å²) < 4.78 is 5.38. The fourth-order valence-corrected chi connectivity index (χ4v) is 3.17. The van der Waals surface area contributed by atoms with Crippen LogP contribution in [0.15, 0.2) is 30.3 Å². The summed E-state index contributed by atoms with van der Waals surface area (Å²) in [4.78, 5) is 17.6. The largest absolute Gasteiger partial charge is 0.375 e. The highest BCUT2D eigenvalue weighted by atomic mass is 32.1. The Hall–Kier alpha value is -1.92. The minimum atomic E-state index is -0.238. The first-order valence-electron chi connectivity index (χ1n) is 6.91. The van der Waals surface area contributed by atoms with Gasteiger partial charge in [0, 0.05) is 6.42 Å². The summed E-state index contributed by atoms with van der Waals surface area (Å²) in [6.45, 7) is 3.25. The number of amides is 2. The number of hydrogen-bond acceptors (Lipinski definition) is 4. The molecule has 3 rings (SSSR count). The fourth-order valence-electron chi connectivity index (χ4n) is 2.23. The number of aromatic nitrogens is 1. The summed E-state index contributed by atoms with van der Waals surface area (Å²) in [7, 11) is 0. The predicted octanol–water partition coefficient (Wildman–Crippen LogP) is 3.10. The first-order valence-corrected chi connectivity index (χ1v) is 7.73. The van der Waals surface area contributed by atoms with Crippen LogP contribution in [-0.4, -0.2) is 17.6 Å². The number of rotatable bonds is 3. The lowest BCUT2D eigenvalue weighted by atomic mass is 10.1. The Morgan fingerprint density at radius 2 is 2.19 bits per heavy atom. The second-order valence-corrected chi connectivity index (χ2v) is 6.01. The zero-order valence-electron chi connectivity index (χ0n) is 11.8. The van der Waals surface area contributed by atoms with Crippen LogP contribution in [0.2, 0.25) is 0 Å². The van der Waals surface area contributed by atoms with E-state index in [1.165, 1.54) is 11.3 Å². The van der Waals surface area contributed by atoms with E-state index in [1.54, 1.807) is 0 Å². The van der Waals surface area contributed by atoms with Gasteiger partial charge in [0.15, 0.2) is 5.13 Å². The summed E-state index contributed by atoms with van der Waals surface area (Å²) in [6.07, 6.45) is 0.815. The molecule has 1 aliphatic rings. The van der Waals surface area contributed by atoms with Crippen LogP contribution in [0.3, 0.4) is 0 Å². The topological polar surface area (TPSA) is 63.2 Å². The minimum Gasteiger partial charge on any atom is -0.375 e. The predicted molar refractivity (Wildman–Crippen MR) is 82.5 cm³/mol. The zero-order valence-corrected chi connectivity index (χ0v) is 12.6. The molecule has 110 valence electrons.